The Balaban J connectivity index is 1.93. The smallest absolute Gasteiger partial charge is 0.00790 e. The molecule has 0 bridgehead atoms. The summed E-state index contributed by atoms with van der Waals surface area (Å²) in [5.74, 6) is 0. The van der Waals surface area contributed by atoms with Crippen LogP contribution in [0.5, 0.6) is 0 Å². The van der Waals surface area contributed by atoms with Crippen LogP contribution in [0.25, 0.3) is 0 Å². The molecule has 1 saturated heterocycles. The van der Waals surface area contributed by atoms with Gasteiger partial charge in [0.2, 0.25) is 0 Å². The summed E-state index contributed by atoms with van der Waals surface area (Å²) in [5.41, 5.74) is 0. The van der Waals surface area contributed by atoms with Crippen LogP contribution < -0.4 is 5.32 Å². The van der Waals surface area contributed by atoms with E-state index < -0.39 is 0 Å². The third kappa shape index (κ3) is 1.16. The molecule has 0 spiro atoms. The van der Waals surface area contributed by atoms with Crippen LogP contribution in [0.15, 0.2) is 0 Å². The van der Waals surface area contributed by atoms with E-state index in [9.17, 15) is 0 Å². The molecule has 1 nitrogen and oxygen atoms in total. The molecule has 1 fully saturated rings. The molecule has 1 atom stereocenters. The summed E-state index contributed by atoms with van der Waals surface area (Å²) in [5, 5.41) is 3.35. The van der Waals surface area contributed by atoms with Crippen LogP contribution in [0.1, 0.15) is 26.2 Å². The lowest BCUT2D eigenvalue weighted by atomic mass is 10.0. The van der Waals surface area contributed by atoms with Crippen LogP contribution >= 0.6 is 0 Å². The molecule has 0 saturated carbocycles. The average Bonchev–Trinajstić information content (AvgIpc) is 1.55. The van der Waals surface area contributed by atoms with Crippen molar-refractivity contribution in [2.24, 2.45) is 0 Å². The summed E-state index contributed by atoms with van der Waals surface area (Å²) in [7, 11) is 0. The first-order valence-electron chi connectivity index (χ1n) is 3.17. The van der Waals surface area contributed by atoms with Gasteiger partial charge in [-0.1, -0.05) is 13.3 Å². The van der Waals surface area contributed by atoms with E-state index in [1.54, 1.807) is 0 Å². The zero-order chi connectivity index (χ0) is 5.11. The maximum Gasteiger partial charge on any atom is 0.00790 e. The lowest BCUT2D eigenvalue weighted by molar-refractivity contribution is 0.348. The Morgan fingerprint density at radius 1 is 1.71 bits per heavy atom. The minimum absolute atomic E-state index is 0.880. The average molecular weight is 99.2 g/mol. The fraction of sp³-hybridized carbons (Fsp3) is 1.00. The van der Waals surface area contributed by atoms with Crippen LogP contribution in [-0.2, 0) is 0 Å². The third-order valence-corrected chi connectivity index (χ3v) is 1.56. The Hall–Kier alpha value is -0.0400. The van der Waals surface area contributed by atoms with Crippen LogP contribution in [0.4, 0.5) is 0 Å². The van der Waals surface area contributed by atoms with Gasteiger partial charge in [-0.3, -0.25) is 0 Å². The number of nitrogens with one attached hydrogen (secondary N) is 1. The van der Waals surface area contributed by atoms with Gasteiger partial charge in [-0.05, 0) is 19.4 Å². The van der Waals surface area contributed by atoms with Gasteiger partial charge in [0, 0.05) is 6.04 Å². The van der Waals surface area contributed by atoms with Gasteiger partial charge in [-0.15, -0.1) is 0 Å². The molecule has 1 N–H and O–H groups in total. The van der Waals surface area contributed by atoms with Crippen molar-refractivity contribution in [2.75, 3.05) is 6.54 Å². The molecule has 42 valence electrons. The normalized spacial score (nSPS) is 29.6. The van der Waals surface area contributed by atoms with Gasteiger partial charge >= 0.3 is 0 Å². The summed E-state index contributed by atoms with van der Waals surface area (Å²) in [6.45, 7) is 3.49. The Morgan fingerprint density at radius 2 is 2.43 bits per heavy atom. The second-order valence-electron chi connectivity index (χ2n) is 2.23. The monoisotopic (exact) mass is 99.1 g/mol. The summed E-state index contributed by atoms with van der Waals surface area (Å²) in [4.78, 5) is 0. The van der Waals surface area contributed by atoms with E-state index in [1.807, 2.05) is 0 Å². The highest BCUT2D eigenvalue weighted by Gasteiger charge is 2.13. The minimum Gasteiger partial charge on any atom is -0.314 e. The van der Waals surface area contributed by atoms with E-state index in [0.717, 1.165) is 6.04 Å². The van der Waals surface area contributed by atoms with Crippen molar-refractivity contribution >= 4 is 0 Å². The number of rotatable bonds is 2. The zero-order valence-corrected chi connectivity index (χ0v) is 4.91. The van der Waals surface area contributed by atoms with Gasteiger partial charge in [-0.25, -0.2) is 0 Å². The lowest BCUT2D eigenvalue weighted by Gasteiger charge is -2.26. The lowest BCUT2D eigenvalue weighted by Crippen LogP contribution is -2.42. The van der Waals surface area contributed by atoms with E-state index in [4.69, 9.17) is 0 Å². The molecule has 0 radical (unpaired) electrons. The molecule has 1 heteroatoms. The van der Waals surface area contributed by atoms with Gasteiger partial charge in [0.1, 0.15) is 0 Å². The van der Waals surface area contributed by atoms with Crippen LogP contribution in [0.3, 0.4) is 0 Å². The summed E-state index contributed by atoms with van der Waals surface area (Å²) in [6, 6.07) is 0.880. The predicted octanol–water partition coefficient (Wildman–Crippen LogP) is 1.15. The fourth-order valence-corrected chi connectivity index (χ4v) is 0.943. The first-order valence-corrected chi connectivity index (χ1v) is 3.17. The molecule has 1 aliphatic rings. The van der Waals surface area contributed by atoms with Gasteiger partial charge in [0.25, 0.3) is 0 Å². The molecule has 0 aromatic rings. The van der Waals surface area contributed by atoms with E-state index in [-0.39, 0.29) is 0 Å². The van der Waals surface area contributed by atoms with E-state index >= 15 is 0 Å². The molecule has 0 aliphatic carbocycles. The highest BCUT2D eigenvalue weighted by atomic mass is 15.0. The molecule has 1 aliphatic heterocycles. The predicted molar refractivity (Wildman–Crippen MR) is 31.3 cm³/mol. The number of hydrogen-bond acceptors (Lipinski definition) is 1. The topological polar surface area (TPSA) is 12.0 Å². The molecule has 1 heterocycles. The van der Waals surface area contributed by atoms with Crippen LogP contribution in [0.2, 0.25) is 0 Å². The van der Waals surface area contributed by atoms with Crippen molar-refractivity contribution in [1.29, 1.82) is 0 Å². The standard InChI is InChI=1S/C6H13N/c1-2-3-6-4-5-7-6/h6-7H,2-5H2,1H3/t6-/m1/s1. The first kappa shape index (κ1) is 5.10. The van der Waals surface area contributed by atoms with Gasteiger partial charge in [0.15, 0.2) is 0 Å². The molecule has 0 amide bonds. The van der Waals surface area contributed by atoms with Crippen LogP contribution in [-0.4, -0.2) is 12.6 Å². The van der Waals surface area contributed by atoms with Crippen molar-refractivity contribution in [2.45, 2.75) is 32.2 Å². The Labute approximate surface area is 45.1 Å². The van der Waals surface area contributed by atoms with Gasteiger partial charge in [-0.2, -0.15) is 0 Å². The highest BCUT2D eigenvalue weighted by molar-refractivity contribution is 4.75. The molecular formula is C6H13N. The van der Waals surface area contributed by atoms with E-state index in [2.05, 4.69) is 12.2 Å². The molecule has 0 aromatic carbocycles. The second-order valence-corrected chi connectivity index (χ2v) is 2.23. The van der Waals surface area contributed by atoms with Gasteiger partial charge in [0.05, 0.1) is 0 Å². The van der Waals surface area contributed by atoms with Crippen molar-refractivity contribution in [3.63, 3.8) is 0 Å². The summed E-state index contributed by atoms with van der Waals surface area (Å²) < 4.78 is 0. The molecule has 7 heavy (non-hydrogen) atoms. The maximum atomic E-state index is 3.35. The second kappa shape index (κ2) is 2.31. The zero-order valence-electron chi connectivity index (χ0n) is 4.91. The maximum absolute atomic E-state index is 3.35. The highest BCUT2D eigenvalue weighted by Crippen LogP contribution is 2.07. The first-order chi connectivity index (χ1) is 3.43. The van der Waals surface area contributed by atoms with Crippen molar-refractivity contribution in [3.05, 3.63) is 0 Å². The van der Waals surface area contributed by atoms with Crippen molar-refractivity contribution in [3.8, 4) is 0 Å². The summed E-state index contributed by atoms with van der Waals surface area (Å²) >= 11 is 0. The van der Waals surface area contributed by atoms with Crippen LogP contribution in [0, 0.1) is 0 Å². The largest absolute Gasteiger partial charge is 0.314 e. The molecule has 0 unspecified atom stereocenters. The SMILES string of the molecule is CCC[C@@H]1CCN1. The fourth-order valence-electron chi connectivity index (χ4n) is 0.943. The van der Waals surface area contributed by atoms with Crippen molar-refractivity contribution in [1.82, 2.24) is 5.32 Å². The van der Waals surface area contributed by atoms with Crippen molar-refractivity contribution < 1.29 is 0 Å². The third-order valence-electron chi connectivity index (χ3n) is 1.56. The van der Waals surface area contributed by atoms with Gasteiger partial charge < -0.3 is 5.32 Å². The molecule has 1 rings (SSSR count). The molecular weight excluding hydrogens is 86.1 g/mol. The number of hydrogen-bond donors (Lipinski definition) is 1. The Bertz CT molecular complexity index is 48.1. The quantitative estimate of drug-likeness (QED) is 0.547. The van der Waals surface area contributed by atoms with E-state index in [0.29, 0.717) is 0 Å². The summed E-state index contributed by atoms with van der Waals surface area (Å²) in [6.07, 6.45) is 4.12. The Kier molecular flexibility index (Phi) is 1.69. The van der Waals surface area contributed by atoms with E-state index in [1.165, 1.54) is 25.8 Å². The Morgan fingerprint density at radius 3 is 2.57 bits per heavy atom. The molecule has 0 aromatic heterocycles. The minimum atomic E-state index is 0.880.